The molecule has 2 unspecified atom stereocenters. The van der Waals surface area contributed by atoms with Crippen molar-refractivity contribution in [2.75, 3.05) is 6.61 Å². The molecule has 2 heteroatoms. The molecule has 0 aromatic carbocycles. The van der Waals surface area contributed by atoms with Gasteiger partial charge in [0.05, 0.1) is 12.7 Å². The minimum Gasteiger partial charge on any atom is -0.377 e. The van der Waals surface area contributed by atoms with E-state index in [4.69, 9.17) is 10.5 Å². The van der Waals surface area contributed by atoms with Crippen LogP contribution in [0.25, 0.3) is 0 Å². The van der Waals surface area contributed by atoms with Gasteiger partial charge in [-0.3, -0.25) is 0 Å². The summed E-state index contributed by atoms with van der Waals surface area (Å²) in [6.45, 7) is 4.98. The summed E-state index contributed by atoms with van der Waals surface area (Å²) in [7, 11) is 0. The van der Waals surface area contributed by atoms with Gasteiger partial charge in [-0.1, -0.05) is 6.92 Å². The number of hydrogen-bond acceptors (Lipinski definition) is 2. The van der Waals surface area contributed by atoms with E-state index in [1.165, 1.54) is 12.8 Å². The van der Waals surface area contributed by atoms with Gasteiger partial charge in [0.2, 0.25) is 0 Å². The molecule has 0 saturated heterocycles. The second kappa shape index (κ2) is 4.07. The molecule has 1 aliphatic rings. The Hall–Kier alpha value is -0.0800. The van der Waals surface area contributed by atoms with E-state index in [0.717, 1.165) is 18.9 Å². The van der Waals surface area contributed by atoms with Crippen LogP contribution in [0.2, 0.25) is 0 Å². The monoisotopic (exact) mass is 157 g/mol. The zero-order valence-electron chi connectivity index (χ0n) is 7.55. The molecule has 0 amide bonds. The van der Waals surface area contributed by atoms with Crippen molar-refractivity contribution in [3.05, 3.63) is 0 Å². The van der Waals surface area contributed by atoms with E-state index in [-0.39, 0.29) is 0 Å². The van der Waals surface area contributed by atoms with Crippen LogP contribution < -0.4 is 5.73 Å². The third kappa shape index (κ3) is 3.21. The Labute approximate surface area is 69.1 Å². The molecule has 2 atom stereocenters. The molecule has 11 heavy (non-hydrogen) atoms. The van der Waals surface area contributed by atoms with Crippen molar-refractivity contribution >= 4 is 0 Å². The number of nitrogens with two attached hydrogens (primary N) is 1. The summed E-state index contributed by atoms with van der Waals surface area (Å²) in [5.74, 6) is 0.763. The predicted octanol–water partition coefficient (Wildman–Crippen LogP) is 1.54. The van der Waals surface area contributed by atoms with Gasteiger partial charge in [0.25, 0.3) is 0 Å². The lowest BCUT2D eigenvalue weighted by molar-refractivity contribution is 0.0507. The Balaban J connectivity index is 2.00. The molecule has 0 radical (unpaired) electrons. The van der Waals surface area contributed by atoms with Crippen molar-refractivity contribution in [2.24, 2.45) is 11.7 Å². The fourth-order valence-corrected chi connectivity index (χ4v) is 1.05. The summed E-state index contributed by atoms with van der Waals surface area (Å²) in [6, 6.07) is 0.295. The van der Waals surface area contributed by atoms with Gasteiger partial charge in [-0.25, -0.2) is 0 Å². The Kier molecular flexibility index (Phi) is 3.34. The third-order valence-corrected chi connectivity index (χ3v) is 2.38. The van der Waals surface area contributed by atoms with Crippen LogP contribution in [0.3, 0.4) is 0 Å². The average molecular weight is 157 g/mol. The maximum Gasteiger partial charge on any atom is 0.0623 e. The molecule has 2 nitrogen and oxygen atoms in total. The summed E-state index contributed by atoms with van der Waals surface area (Å²) in [4.78, 5) is 0. The molecule has 0 aliphatic heterocycles. The molecule has 0 spiro atoms. The van der Waals surface area contributed by atoms with Crippen molar-refractivity contribution in [2.45, 2.75) is 45.3 Å². The van der Waals surface area contributed by atoms with E-state index in [2.05, 4.69) is 13.8 Å². The van der Waals surface area contributed by atoms with Crippen molar-refractivity contribution in [1.82, 2.24) is 0 Å². The molecule has 2 N–H and O–H groups in total. The van der Waals surface area contributed by atoms with Crippen molar-refractivity contribution in [3.8, 4) is 0 Å². The van der Waals surface area contributed by atoms with Crippen LogP contribution in [0.5, 0.6) is 0 Å². The summed E-state index contributed by atoms with van der Waals surface area (Å²) in [5, 5.41) is 0. The fourth-order valence-electron chi connectivity index (χ4n) is 1.05. The molecule has 0 heterocycles. The lowest BCUT2D eigenvalue weighted by Gasteiger charge is -2.14. The summed E-state index contributed by atoms with van der Waals surface area (Å²) in [5.41, 5.74) is 5.86. The SMILES string of the molecule is CCC(C)OCC(N)C1CC1. The Morgan fingerprint density at radius 2 is 2.18 bits per heavy atom. The van der Waals surface area contributed by atoms with Crippen LogP contribution in [0, 0.1) is 5.92 Å². The first-order valence-corrected chi connectivity index (χ1v) is 4.61. The predicted molar refractivity (Wildman–Crippen MR) is 46.4 cm³/mol. The van der Waals surface area contributed by atoms with Crippen molar-refractivity contribution < 1.29 is 4.74 Å². The minimum absolute atomic E-state index is 0.295. The molecule has 66 valence electrons. The second-order valence-electron chi connectivity index (χ2n) is 3.55. The molecule has 1 rings (SSSR count). The molecule has 0 aromatic heterocycles. The average Bonchev–Trinajstić information content (AvgIpc) is 2.81. The van der Waals surface area contributed by atoms with Gasteiger partial charge in [-0.05, 0) is 32.1 Å². The van der Waals surface area contributed by atoms with Crippen LogP contribution in [0.1, 0.15) is 33.1 Å². The van der Waals surface area contributed by atoms with Crippen LogP contribution in [-0.2, 0) is 4.74 Å². The van der Waals surface area contributed by atoms with E-state index in [0.29, 0.717) is 12.1 Å². The van der Waals surface area contributed by atoms with E-state index < -0.39 is 0 Å². The molecule has 0 aromatic rings. The lowest BCUT2D eigenvalue weighted by atomic mass is 10.2. The van der Waals surface area contributed by atoms with Gasteiger partial charge in [0.15, 0.2) is 0 Å². The maximum atomic E-state index is 5.86. The fraction of sp³-hybridized carbons (Fsp3) is 1.00. The summed E-state index contributed by atoms with van der Waals surface area (Å²) >= 11 is 0. The van der Waals surface area contributed by atoms with Crippen LogP contribution in [0.4, 0.5) is 0 Å². The Morgan fingerprint density at radius 3 is 2.64 bits per heavy atom. The van der Waals surface area contributed by atoms with Crippen LogP contribution >= 0.6 is 0 Å². The maximum absolute atomic E-state index is 5.86. The largest absolute Gasteiger partial charge is 0.377 e. The van der Waals surface area contributed by atoms with E-state index >= 15 is 0 Å². The van der Waals surface area contributed by atoms with Crippen molar-refractivity contribution in [3.63, 3.8) is 0 Å². The third-order valence-electron chi connectivity index (χ3n) is 2.38. The Morgan fingerprint density at radius 1 is 1.55 bits per heavy atom. The quantitative estimate of drug-likeness (QED) is 0.657. The summed E-state index contributed by atoms with van der Waals surface area (Å²) in [6.07, 6.45) is 4.08. The Bertz CT molecular complexity index is 112. The molecule has 1 fully saturated rings. The minimum atomic E-state index is 0.295. The first-order chi connectivity index (χ1) is 5.24. The van der Waals surface area contributed by atoms with Gasteiger partial charge >= 0.3 is 0 Å². The first kappa shape index (κ1) is 9.01. The van der Waals surface area contributed by atoms with E-state index in [1.54, 1.807) is 0 Å². The number of rotatable bonds is 5. The highest BCUT2D eigenvalue weighted by atomic mass is 16.5. The molecular formula is C9H19NO. The molecule has 1 saturated carbocycles. The van der Waals surface area contributed by atoms with Gasteiger partial charge in [0.1, 0.15) is 0 Å². The molecule has 0 bridgehead atoms. The van der Waals surface area contributed by atoms with Crippen LogP contribution in [0.15, 0.2) is 0 Å². The van der Waals surface area contributed by atoms with Gasteiger partial charge < -0.3 is 10.5 Å². The smallest absolute Gasteiger partial charge is 0.0623 e. The topological polar surface area (TPSA) is 35.2 Å². The normalized spacial score (nSPS) is 23.2. The zero-order chi connectivity index (χ0) is 8.27. The van der Waals surface area contributed by atoms with E-state index in [9.17, 15) is 0 Å². The van der Waals surface area contributed by atoms with Crippen molar-refractivity contribution in [1.29, 1.82) is 0 Å². The zero-order valence-corrected chi connectivity index (χ0v) is 7.55. The first-order valence-electron chi connectivity index (χ1n) is 4.61. The summed E-state index contributed by atoms with van der Waals surface area (Å²) < 4.78 is 5.53. The highest BCUT2D eigenvalue weighted by molar-refractivity contribution is 4.83. The highest BCUT2D eigenvalue weighted by Gasteiger charge is 2.28. The number of ether oxygens (including phenoxy) is 1. The highest BCUT2D eigenvalue weighted by Crippen LogP contribution is 2.31. The molecule has 1 aliphatic carbocycles. The van der Waals surface area contributed by atoms with Gasteiger partial charge in [-0.2, -0.15) is 0 Å². The van der Waals surface area contributed by atoms with Gasteiger partial charge in [-0.15, -0.1) is 0 Å². The second-order valence-corrected chi connectivity index (χ2v) is 3.55. The standard InChI is InChI=1S/C9H19NO/c1-3-7(2)11-6-9(10)8-4-5-8/h7-9H,3-6,10H2,1-2H3. The molecular weight excluding hydrogens is 138 g/mol. The lowest BCUT2D eigenvalue weighted by Crippen LogP contribution is -2.30. The van der Waals surface area contributed by atoms with Gasteiger partial charge in [0, 0.05) is 6.04 Å². The van der Waals surface area contributed by atoms with Crippen LogP contribution in [-0.4, -0.2) is 18.8 Å². The van der Waals surface area contributed by atoms with E-state index in [1.807, 2.05) is 0 Å². The number of hydrogen-bond donors (Lipinski definition) is 1.